The molecule has 1 atom stereocenters. The average Bonchev–Trinajstić information content (AvgIpc) is 2.24. The maximum absolute atomic E-state index is 9.90. The molecule has 0 amide bonds. The normalized spacial score (nSPS) is 13.8. The summed E-state index contributed by atoms with van der Waals surface area (Å²) < 4.78 is 0. The van der Waals surface area contributed by atoms with Crippen LogP contribution in [0.1, 0.15) is 18.4 Å². The van der Waals surface area contributed by atoms with E-state index in [0.29, 0.717) is 0 Å². The fraction of sp³-hybridized carbons (Fsp3) is 0.571. The Balaban J connectivity index is 2.23. The van der Waals surface area contributed by atoms with E-state index in [4.69, 9.17) is 0 Å². The minimum atomic E-state index is -0.988. The summed E-state index contributed by atoms with van der Waals surface area (Å²) >= 11 is 0. The molecule has 0 aliphatic carbocycles. The second-order valence-electron chi connectivity index (χ2n) is 5.78. The van der Waals surface area contributed by atoms with Crippen molar-refractivity contribution in [1.29, 1.82) is 0 Å². The Morgan fingerprint density at radius 3 is 2.25 bits per heavy atom. The molecule has 1 aromatic rings. The number of hydrogen-bond acceptors (Lipinski definition) is 1. The van der Waals surface area contributed by atoms with Crippen LogP contribution in [0.3, 0.4) is 0 Å². The summed E-state index contributed by atoms with van der Waals surface area (Å²) in [6.07, 6.45) is 2.75. The summed E-state index contributed by atoms with van der Waals surface area (Å²) in [6.45, 7) is 7.07. The highest BCUT2D eigenvalue weighted by molar-refractivity contribution is 6.76. The van der Waals surface area contributed by atoms with Gasteiger partial charge in [0.2, 0.25) is 0 Å². The molecule has 0 aliphatic heterocycles. The Labute approximate surface area is 101 Å². The molecule has 16 heavy (non-hydrogen) atoms. The number of hydrogen-bond donors (Lipinski definition) is 1. The molecule has 0 bridgehead atoms. The maximum atomic E-state index is 9.90. The third kappa shape index (κ3) is 6.08. The number of aliphatic hydroxyl groups excluding tert-OH is 1. The van der Waals surface area contributed by atoms with Gasteiger partial charge in [-0.25, -0.2) is 0 Å². The second-order valence-corrected chi connectivity index (χ2v) is 11.4. The number of aryl methyl sites for hydroxylation is 1. The number of aliphatic hydroxyl groups is 1. The Hall–Kier alpha value is -0.603. The van der Waals surface area contributed by atoms with E-state index in [-0.39, 0.29) is 6.10 Å². The Morgan fingerprint density at radius 1 is 1.06 bits per heavy atom. The molecule has 0 aromatic heterocycles. The third-order valence-corrected chi connectivity index (χ3v) is 4.63. The molecular formula is C14H24OSi. The van der Waals surface area contributed by atoms with Gasteiger partial charge in [0.1, 0.15) is 0 Å². The molecule has 0 saturated carbocycles. The van der Waals surface area contributed by atoms with Crippen molar-refractivity contribution in [1.82, 2.24) is 0 Å². The van der Waals surface area contributed by atoms with Crippen molar-refractivity contribution in [2.45, 2.75) is 51.1 Å². The average molecular weight is 236 g/mol. The lowest BCUT2D eigenvalue weighted by molar-refractivity contribution is 0.160. The van der Waals surface area contributed by atoms with Crippen LogP contribution in [0.5, 0.6) is 0 Å². The molecular weight excluding hydrogens is 212 g/mol. The SMILES string of the molecule is C[Si](C)(C)CC[C@H](O)CCc1ccccc1. The van der Waals surface area contributed by atoms with Crippen LogP contribution in [0.25, 0.3) is 0 Å². The largest absolute Gasteiger partial charge is 0.393 e. The van der Waals surface area contributed by atoms with Gasteiger partial charge in [-0.2, -0.15) is 0 Å². The van der Waals surface area contributed by atoms with Crippen molar-refractivity contribution in [3.05, 3.63) is 35.9 Å². The van der Waals surface area contributed by atoms with Gasteiger partial charge >= 0.3 is 0 Å². The van der Waals surface area contributed by atoms with Crippen molar-refractivity contribution >= 4 is 8.07 Å². The lowest BCUT2D eigenvalue weighted by atomic mass is 10.1. The van der Waals surface area contributed by atoms with Gasteiger partial charge in [0.25, 0.3) is 0 Å². The minimum absolute atomic E-state index is 0.119. The van der Waals surface area contributed by atoms with Gasteiger partial charge in [0.15, 0.2) is 0 Å². The Kier molecular flexibility index (Phi) is 5.23. The molecule has 1 aromatic carbocycles. The molecule has 90 valence electrons. The molecule has 2 heteroatoms. The molecule has 1 nitrogen and oxygen atoms in total. The molecule has 0 heterocycles. The van der Waals surface area contributed by atoms with Crippen LogP contribution in [-0.2, 0) is 6.42 Å². The van der Waals surface area contributed by atoms with Crippen molar-refractivity contribution < 1.29 is 5.11 Å². The molecule has 0 unspecified atom stereocenters. The van der Waals surface area contributed by atoms with E-state index < -0.39 is 8.07 Å². The van der Waals surface area contributed by atoms with E-state index in [1.54, 1.807) is 0 Å². The van der Waals surface area contributed by atoms with Crippen molar-refractivity contribution in [2.24, 2.45) is 0 Å². The molecule has 0 fully saturated rings. The molecule has 1 N–H and O–H groups in total. The van der Waals surface area contributed by atoms with Gasteiger partial charge in [-0.05, 0) is 24.8 Å². The minimum Gasteiger partial charge on any atom is -0.393 e. The van der Waals surface area contributed by atoms with Gasteiger partial charge < -0.3 is 5.11 Å². The number of benzene rings is 1. The first-order valence-electron chi connectivity index (χ1n) is 6.19. The van der Waals surface area contributed by atoms with Crippen molar-refractivity contribution in [3.63, 3.8) is 0 Å². The van der Waals surface area contributed by atoms with Crippen molar-refractivity contribution in [2.75, 3.05) is 0 Å². The zero-order valence-electron chi connectivity index (χ0n) is 10.7. The van der Waals surface area contributed by atoms with Gasteiger partial charge in [-0.1, -0.05) is 56.0 Å². The quantitative estimate of drug-likeness (QED) is 0.747. The number of rotatable bonds is 6. The molecule has 0 aliphatic rings. The second kappa shape index (κ2) is 6.21. The summed E-state index contributed by atoms with van der Waals surface area (Å²) in [7, 11) is -0.988. The highest BCUT2D eigenvalue weighted by Crippen LogP contribution is 2.15. The predicted molar refractivity (Wildman–Crippen MR) is 73.5 cm³/mol. The fourth-order valence-corrected chi connectivity index (χ4v) is 2.92. The fourth-order valence-electron chi connectivity index (χ4n) is 1.72. The van der Waals surface area contributed by atoms with E-state index in [1.165, 1.54) is 11.6 Å². The molecule has 0 spiro atoms. The lowest BCUT2D eigenvalue weighted by Gasteiger charge is -2.18. The van der Waals surface area contributed by atoms with Crippen LogP contribution >= 0.6 is 0 Å². The van der Waals surface area contributed by atoms with E-state index in [2.05, 4.69) is 43.9 Å². The first-order valence-corrected chi connectivity index (χ1v) is 9.90. The smallest absolute Gasteiger partial charge is 0.0540 e. The highest BCUT2D eigenvalue weighted by Gasteiger charge is 2.15. The monoisotopic (exact) mass is 236 g/mol. The van der Waals surface area contributed by atoms with E-state index in [1.807, 2.05) is 6.07 Å². The summed E-state index contributed by atoms with van der Waals surface area (Å²) in [5, 5.41) is 9.90. The van der Waals surface area contributed by atoms with Gasteiger partial charge in [0, 0.05) is 8.07 Å². The third-order valence-electron chi connectivity index (χ3n) is 2.84. The van der Waals surface area contributed by atoms with Gasteiger partial charge in [-0.3, -0.25) is 0 Å². The van der Waals surface area contributed by atoms with E-state index >= 15 is 0 Å². The Morgan fingerprint density at radius 2 is 1.69 bits per heavy atom. The summed E-state index contributed by atoms with van der Waals surface area (Å²) in [4.78, 5) is 0. The molecule has 0 radical (unpaired) electrons. The van der Waals surface area contributed by atoms with Crippen LogP contribution in [0.2, 0.25) is 25.7 Å². The van der Waals surface area contributed by atoms with E-state index in [9.17, 15) is 5.11 Å². The zero-order chi connectivity index (χ0) is 12.0. The topological polar surface area (TPSA) is 20.2 Å². The van der Waals surface area contributed by atoms with Crippen LogP contribution in [-0.4, -0.2) is 19.3 Å². The molecule has 0 saturated heterocycles. The molecule has 1 rings (SSSR count). The summed E-state index contributed by atoms with van der Waals surface area (Å²) in [5.41, 5.74) is 1.33. The Bertz CT molecular complexity index is 289. The zero-order valence-corrected chi connectivity index (χ0v) is 11.7. The van der Waals surface area contributed by atoms with Gasteiger partial charge in [0.05, 0.1) is 6.10 Å². The van der Waals surface area contributed by atoms with Crippen LogP contribution in [0, 0.1) is 0 Å². The van der Waals surface area contributed by atoms with Crippen LogP contribution in [0.4, 0.5) is 0 Å². The lowest BCUT2D eigenvalue weighted by Crippen LogP contribution is -2.22. The van der Waals surface area contributed by atoms with Crippen LogP contribution < -0.4 is 0 Å². The van der Waals surface area contributed by atoms with Crippen LogP contribution in [0.15, 0.2) is 30.3 Å². The summed E-state index contributed by atoms with van der Waals surface area (Å²) in [5.74, 6) is 0. The van der Waals surface area contributed by atoms with E-state index in [0.717, 1.165) is 19.3 Å². The first-order chi connectivity index (χ1) is 7.47. The first kappa shape index (κ1) is 13.5. The highest BCUT2D eigenvalue weighted by atomic mass is 28.3. The summed E-state index contributed by atoms with van der Waals surface area (Å²) in [6, 6.07) is 11.6. The maximum Gasteiger partial charge on any atom is 0.0540 e. The van der Waals surface area contributed by atoms with Crippen molar-refractivity contribution in [3.8, 4) is 0 Å². The standard InChI is InChI=1S/C14H24OSi/c1-16(2,3)12-11-14(15)10-9-13-7-5-4-6-8-13/h4-8,14-15H,9-12H2,1-3H3/t14-/m1/s1. The van der Waals surface area contributed by atoms with Gasteiger partial charge in [-0.15, -0.1) is 0 Å². The predicted octanol–water partition coefficient (Wildman–Crippen LogP) is 3.71.